The van der Waals surface area contributed by atoms with Crippen LogP contribution in [0.4, 0.5) is 10.1 Å². The number of carbonyl (C=O) groups excluding carboxylic acids is 1. The van der Waals surface area contributed by atoms with Crippen molar-refractivity contribution >= 4 is 27.5 Å². The second kappa shape index (κ2) is 7.08. The highest BCUT2D eigenvalue weighted by atomic mass is 79.9. The van der Waals surface area contributed by atoms with Gasteiger partial charge in [0.2, 0.25) is 0 Å². The Morgan fingerprint density at radius 2 is 2.10 bits per heavy atom. The molecule has 0 aliphatic heterocycles. The van der Waals surface area contributed by atoms with Gasteiger partial charge in [-0.2, -0.15) is 0 Å². The van der Waals surface area contributed by atoms with Crippen LogP contribution >= 0.6 is 15.9 Å². The topological polar surface area (TPSA) is 64.3 Å². The lowest BCUT2D eigenvalue weighted by molar-refractivity contribution is 0.0945. The van der Waals surface area contributed by atoms with E-state index in [-0.39, 0.29) is 11.5 Å². The Morgan fingerprint density at radius 3 is 2.86 bits per heavy atom. The quantitative estimate of drug-likeness (QED) is 0.642. The zero-order valence-corrected chi connectivity index (χ0v) is 12.7. The fourth-order valence-corrected chi connectivity index (χ4v) is 2.13. The molecule has 6 heteroatoms. The molecule has 2 aromatic carbocycles. The number of hydrogen-bond acceptors (Lipinski definition) is 3. The molecule has 0 heterocycles. The zero-order chi connectivity index (χ0) is 15.2. The van der Waals surface area contributed by atoms with Crippen molar-refractivity contribution in [2.24, 2.45) is 0 Å². The van der Waals surface area contributed by atoms with Crippen LogP contribution in [-0.2, 0) is 0 Å². The van der Waals surface area contributed by atoms with Crippen LogP contribution in [0.3, 0.4) is 0 Å². The molecule has 21 heavy (non-hydrogen) atoms. The highest BCUT2D eigenvalue weighted by Gasteiger charge is 2.10. The first kappa shape index (κ1) is 15.3. The Bertz CT molecular complexity index is 649. The van der Waals surface area contributed by atoms with Gasteiger partial charge in [-0.1, -0.05) is 6.07 Å². The Hall–Kier alpha value is -2.08. The molecule has 0 spiro atoms. The number of nitrogens with two attached hydrogens (primary N) is 1. The third-order valence-electron chi connectivity index (χ3n) is 2.69. The van der Waals surface area contributed by atoms with Gasteiger partial charge in [-0.25, -0.2) is 4.39 Å². The molecule has 3 N–H and O–H groups in total. The molecule has 2 rings (SSSR count). The SMILES string of the molecule is Nc1cccc(OCCNC(=O)c2cc(F)ccc2Br)c1. The summed E-state index contributed by atoms with van der Waals surface area (Å²) in [5.74, 6) is -0.187. The van der Waals surface area contributed by atoms with Crippen molar-refractivity contribution in [2.45, 2.75) is 0 Å². The molecule has 0 aromatic heterocycles. The minimum atomic E-state index is -0.459. The fraction of sp³-hybridized carbons (Fsp3) is 0.133. The lowest BCUT2D eigenvalue weighted by Crippen LogP contribution is -2.28. The van der Waals surface area contributed by atoms with Crippen LogP contribution in [0.2, 0.25) is 0 Å². The molecule has 2 aromatic rings. The third kappa shape index (κ3) is 4.46. The van der Waals surface area contributed by atoms with Crippen molar-refractivity contribution in [2.75, 3.05) is 18.9 Å². The smallest absolute Gasteiger partial charge is 0.252 e. The van der Waals surface area contributed by atoms with E-state index in [1.54, 1.807) is 24.3 Å². The summed E-state index contributed by atoms with van der Waals surface area (Å²) in [5.41, 5.74) is 6.49. The van der Waals surface area contributed by atoms with Crippen LogP contribution in [0.5, 0.6) is 5.75 Å². The van der Waals surface area contributed by atoms with E-state index in [0.29, 0.717) is 29.1 Å². The van der Waals surface area contributed by atoms with Gasteiger partial charge in [0, 0.05) is 16.2 Å². The molecule has 0 aliphatic carbocycles. The van der Waals surface area contributed by atoms with Crippen molar-refractivity contribution in [1.82, 2.24) is 5.32 Å². The Kier molecular flexibility index (Phi) is 5.16. The number of nitrogens with one attached hydrogen (secondary N) is 1. The minimum absolute atomic E-state index is 0.249. The molecule has 0 radical (unpaired) electrons. The maximum absolute atomic E-state index is 13.1. The van der Waals surface area contributed by atoms with E-state index in [2.05, 4.69) is 21.2 Å². The van der Waals surface area contributed by atoms with Crippen molar-refractivity contribution in [3.8, 4) is 5.75 Å². The molecule has 0 fully saturated rings. The van der Waals surface area contributed by atoms with Crippen molar-refractivity contribution in [3.63, 3.8) is 0 Å². The van der Waals surface area contributed by atoms with Crippen LogP contribution < -0.4 is 15.8 Å². The number of carbonyl (C=O) groups is 1. The highest BCUT2D eigenvalue weighted by Crippen LogP contribution is 2.17. The molecule has 4 nitrogen and oxygen atoms in total. The summed E-state index contributed by atoms with van der Waals surface area (Å²) in [6, 6.07) is 11.0. The minimum Gasteiger partial charge on any atom is -0.492 e. The number of amides is 1. The van der Waals surface area contributed by atoms with Gasteiger partial charge < -0.3 is 15.8 Å². The van der Waals surface area contributed by atoms with Gasteiger partial charge in [0.1, 0.15) is 18.2 Å². The fourth-order valence-electron chi connectivity index (χ4n) is 1.70. The second-order valence-electron chi connectivity index (χ2n) is 4.30. The molecule has 0 unspecified atom stereocenters. The second-order valence-corrected chi connectivity index (χ2v) is 5.16. The van der Waals surface area contributed by atoms with Crippen molar-refractivity contribution < 1.29 is 13.9 Å². The molecule has 0 atom stereocenters. The van der Waals surface area contributed by atoms with E-state index >= 15 is 0 Å². The van der Waals surface area contributed by atoms with Gasteiger partial charge in [-0.05, 0) is 46.3 Å². The van der Waals surface area contributed by atoms with Gasteiger partial charge in [-0.15, -0.1) is 0 Å². The summed E-state index contributed by atoms with van der Waals surface area (Å²) in [4.78, 5) is 11.9. The summed E-state index contributed by atoms with van der Waals surface area (Å²) in [7, 11) is 0. The molecule has 0 aliphatic rings. The number of anilines is 1. The Morgan fingerprint density at radius 1 is 1.29 bits per heavy atom. The number of halogens is 2. The Balaban J connectivity index is 1.83. The first-order valence-corrected chi connectivity index (χ1v) is 7.07. The monoisotopic (exact) mass is 352 g/mol. The average molecular weight is 353 g/mol. The van der Waals surface area contributed by atoms with Crippen LogP contribution in [0, 0.1) is 5.82 Å². The maximum Gasteiger partial charge on any atom is 0.252 e. The standard InChI is InChI=1S/C15H14BrFN2O2/c16-14-5-4-10(17)8-13(14)15(20)19-6-7-21-12-3-1-2-11(18)9-12/h1-5,8-9H,6-7,18H2,(H,19,20). The summed E-state index contributed by atoms with van der Waals surface area (Å²) in [6.07, 6.45) is 0. The van der Waals surface area contributed by atoms with Gasteiger partial charge in [-0.3, -0.25) is 4.79 Å². The Labute approximate surface area is 130 Å². The zero-order valence-electron chi connectivity index (χ0n) is 11.1. The van der Waals surface area contributed by atoms with Gasteiger partial charge >= 0.3 is 0 Å². The normalized spacial score (nSPS) is 10.2. The number of ether oxygens (including phenoxy) is 1. The number of nitrogen functional groups attached to an aromatic ring is 1. The largest absolute Gasteiger partial charge is 0.492 e. The maximum atomic E-state index is 13.1. The van der Waals surface area contributed by atoms with Crippen LogP contribution in [-0.4, -0.2) is 19.1 Å². The molecule has 110 valence electrons. The van der Waals surface area contributed by atoms with Crippen LogP contribution in [0.15, 0.2) is 46.9 Å². The lowest BCUT2D eigenvalue weighted by atomic mass is 10.2. The summed E-state index contributed by atoms with van der Waals surface area (Å²) >= 11 is 3.21. The number of rotatable bonds is 5. The molecule has 1 amide bonds. The summed E-state index contributed by atoms with van der Waals surface area (Å²) in [6.45, 7) is 0.596. The van der Waals surface area contributed by atoms with E-state index < -0.39 is 5.82 Å². The first-order valence-electron chi connectivity index (χ1n) is 6.28. The third-order valence-corrected chi connectivity index (χ3v) is 3.38. The molecule has 0 bridgehead atoms. The van der Waals surface area contributed by atoms with E-state index in [0.717, 1.165) is 0 Å². The van der Waals surface area contributed by atoms with E-state index in [1.165, 1.54) is 18.2 Å². The lowest BCUT2D eigenvalue weighted by Gasteiger charge is -2.09. The van der Waals surface area contributed by atoms with Crippen LogP contribution in [0.1, 0.15) is 10.4 Å². The van der Waals surface area contributed by atoms with Crippen molar-refractivity contribution in [3.05, 3.63) is 58.3 Å². The first-order chi connectivity index (χ1) is 10.1. The highest BCUT2D eigenvalue weighted by molar-refractivity contribution is 9.10. The van der Waals surface area contributed by atoms with Gasteiger partial charge in [0.15, 0.2) is 0 Å². The van der Waals surface area contributed by atoms with E-state index in [9.17, 15) is 9.18 Å². The number of hydrogen-bond donors (Lipinski definition) is 2. The molecule has 0 saturated heterocycles. The van der Waals surface area contributed by atoms with Crippen molar-refractivity contribution in [1.29, 1.82) is 0 Å². The molecular formula is C15H14BrFN2O2. The van der Waals surface area contributed by atoms with Gasteiger partial charge in [0.05, 0.1) is 12.1 Å². The molecular weight excluding hydrogens is 339 g/mol. The summed E-state index contributed by atoms with van der Waals surface area (Å²) in [5, 5.41) is 2.66. The predicted octanol–water partition coefficient (Wildman–Crippen LogP) is 2.98. The number of benzene rings is 2. The predicted molar refractivity (Wildman–Crippen MR) is 82.8 cm³/mol. The molecule has 0 saturated carbocycles. The average Bonchev–Trinajstić information content (AvgIpc) is 2.46. The summed E-state index contributed by atoms with van der Waals surface area (Å²) < 4.78 is 19.1. The van der Waals surface area contributed by atoms with E-state index in [1.807, 2.05) is 0 Å². The van der Waals surface area contributed by atoms with E-state index in [4.69, 9.17) is 10.5 Å². The van der Waals surface area contributed by atoms with Gasteiger partial charge in [0.25, 0.3) is 5.91 Å². The van der Waals surface area contributed by atoms with Crippen LogP contribution in [0.25, 0.3) is 0 Å².